The van der Waals surface area contributed by atoms with Gasteiger partial charge in [0.1, 0.15) is 0 Å². The topological polar surface area (TPSA) is 38.5 Å². The standard InChI is InChI=1S/C11H22N2O/c1-10(14-2)4-3-7-13(8-10)9-11(12)5-6-11/h3-9,12H2,1-2H3. The van der Waals surface area contributed by atoms with Crippen LogP contribution in [0, 0.1) is 0 Å². The molecule has 1 aliphatic carbocycles. The van der Waals surface area contributed by atoms with Crippen molar-refractivity contribution < 1.29 is 4.74 Å². The van der Waals surface area contributed by atoms with Gasteiger partial charge in [0.2, 0.25) is 0 Å². The van der Waals surface area contributed by atoms with Crippen molar-refractivity contribution in [1.82, 2.24) is 4.90 Å². The summed E-state index contributed by atoms with van der Waals surface area (Å²) in [5.74, 6) is 0. The number of hydrogen-bond donors (Lipinski definition) is 1. The molecule has 1 aliphatic heterocycles. The molecule has 0 aromatic heterocycles. The largest absolute Gasteiger partial charge is 0.377 e. The van der Waals surface area contributed by atoms with Gasteiger partial charge in [0.05, 0.1) is 5.60 Å². The van der Waals surface area contributed by atoms with Crippen molar-refractivity contribution in [3.63, 3.8) is 0 Å². The first-order valence-corrected chi connectivity index (χ1v) is 5.62. The molecule has 14 heavy (non-hydrogen) atoms. The van der Waals surface area contributed by atoms with Crippen molar-refractivity contribution in [2.45, 2.75) is 43.7 Å². The molecule has 1 saturated heterocycles. The van der Waals surface area contributed by atoms with Gasteiger partial charge in [0.25, 0.3) is 0 Å². The molecule has 0 spiro atoms. The lowest BCUT2D eigenvalue weighted by molar-refractivity contribution is -0.0521. The van der Waals surface area contributed by atoms with E-state index in [4.69, 9.17) is 10.5 Å². The highest BCUT2D eigenvalue weighted by Gasteiger charge is 2.41. The Morgan fingerprint density at radius 2 is 2.07 bits per heavy atom. The third-order valence-electron chi connectivity index (χ3n) is 3.66. The Bertz CT molecular complexity index is 215. The summed E-state index contributed by atoms with van der Waals surface area (Å²) >= 11 is 0. The molecule has 82 valence electrons. The van der Waals surface area contributed by atoms with Crippen molar-refractivity contribution in [2.24, 2.45) is 5.73 Å². The van der Waals surface area contributed by atoms with Crippen LogP contribution in [0.25, 0.3) is 0 Å². The average molecular weight is 198 g/mol. The van der Waals surface area contributed by atoms with E-state index in [1.54, 1.807) is 0 Å². The second-order valence-corrected chi connectivity index (χ2v) is 5.33. The van der Waals surface area contributed by atoms with Crippen LogP contribution >= 0.6 is 0 Å². The third-order valence-corrected chi connectivity index (χ3v) is 3.66. The summed E-state index contributed by atoms with van der Waals surface area (Å²) in [4.78, 5) is 2.47. The molecule has 1 atom stereocenters. The molecule has 0 radical (unpaired) electrons. The average Bonchev–Trinajstić information content (AvgIpc) is 2.83. The van der Waals surface area contributed by atoms with Gasteiger partial charge in [-0.1, -0.05) is 0 Å². The second kappa shape index (κ2) is 3.47. The minimum atomic E-state index is 0.0590. The number of ether oxygens (including phenoxy) is 1. The van der Waals surface area contributed by atoms with Crippen molar-refractivity contribution >= 4 is 0 Å². The van der Waals surface area contributed by atoms with Crippen LogP contribution in [0.15, 0.2) is 0 Å². The molecule has 2 N–H and O–H groups in total. The first-order chi connectivity index (χ1) is 6.55. The zero-order valence-electron chi connectivity index (χ0n) is 9.38. The summed E-state index contributed by atoms with van der Waals surface area (Å²) in [6.07, 6.45) is 4.82. The Kier molecular flexibility index (Phi) is 2.58. The van der Waals surface area contributed by atoms with Crippen molar-refractivity contribution in [3.05, 3.63) is 0 Å². The van der Waals surface area contributed by atoms with Crippen molar-refractivity contribution in [1.29, 1.82) is 0 Å². The maximum Gasteiger partial charge on any atom is 0.0777 e. The van der Waals surface area contributed by atoms with Gasteiger partial charge in [-0.25, -0.2) is 0 Å². The number of likely N-dealkylation sites (tertiary alicyclic amines) is 1. The van der Waals surface area contributed by atoms with Crippen LogP contribution in [0.3, 0.4) is 0 Å². The summed E-state index contributed by atoms with van der Waals surface area (Å²) in [7, 11) is 1.82. The van der Waals surface area contributed by atoms with Gasteiger partial charge in [-0.05, 0) is 39.2 Å². The fourth-order valence-corrected chi connectivity index (χ4v) is 2.37. The van der Waals surface area contributed by atoms with E-state index in [1.807, 2.05) is 7.11 Å². The van der Waals surface area contributed by atoms with E-state index in [2.05, 4.69) is 11.8 Å². The van der Waals surface area contributed by atoms with Crippen molar-refractivity contribution in [2.75, 3.05) is 26.7 Å². The predicted molar refractivity (Wildman–Crippen MR) is 57.2 cm³/mol. The molecular formula is C11H22N2O. The summed E-state index contributed by atoms with van der Waals surface area (Å²) < 4.78 is 5.56. The molecule has 0 aromatic rings. The number of nitrogens with zero attached hydrogens (tertiary/aromatic N) is 1. The molecule has 2 rings (SSSR count). The van der Waals surface area contributed by atoms with Gasteiger partial charge >= 0.3 is 0 Å². The quantitative estimate of drug-likeness (QED) is 0.734. The molecule has 1 heterocycles. The third kappa shape index (κ3) is 2.27. The molecule has 3 nitrogen and oxygen atoms in total. The Labute approximate surface area is 86.6 Å². The van der Waals surface area contributed by atoms with Gasteiger partial charge in [0.15, 0.2) is 0 Å². The highest BCUT2D eigenvalue weighted by Crippen LogP contribution is 2.34. The molecule has 2 fully saturated rings. The Hall–Kier alpha value is -0.120. The number of methoxy groups -OCH3 is 1. The molecule has 0 amide bonds. The second-order valence-electron chi connectivity index (χ2n) is 5.33. The molecule has 2 aliphatic rings. The summed E-state index contributed by atoms with van der Waals surface area (Å²) in [6.45, 7) is 5.50. The zero-order chi connectivity index (χ0) is 10.2. The van der Waals surface area contributed by atoms with E-state index < -0.39 is 0 Å². The van der Waals surface area contributed by atoms with Crippen LogP contribution < -0.4 is 5.73 Å². The Morgan fingerprint density at radius 3 is 2.64 bits per heavy atom. The van der Waals surface area contributed by atoms with E-state index in [0.29, 0.717) is 0 Å². The van der Waals surface area contributed by atoms with Crippen LogP contribution in [0.5, 0.6) is 0 Å². The summed E-state index contributed by atoms with van der Waals surface area (Å²) in [6, 6.07) is 0. The first-order valence-electron chi connectivity index (χ1n) is 5.62. The van der Waals surface area contributed by atoms with E-state index >= 15 is 0 Å². The van der Waals surface area contributed by atoms with Gasteiger partial charge < -0.3 is 10.5 Å². The SMILES string of the molecule is COC1(C)CCCN(CC2(N)CC2)C1. The van der Waals surface area contributed by atoms with Gasteiger partial charge in [-0.2, -0.15) is 0 Å². The number of hydrogen-bond acceptors (Lipinski definition) is 3. The Morgan fingerprint density at radius 1 is 1.36 bits per heavy atom. The lowest BCUT2D eigenvalue weighted by Gasteiger charge is -2.40. The van der Waals surface area contributed by atoms with Crippen LogP contribution in [-0.4, -0.2) is 42.8 Å². The fraction of sp³-hybridized carbons (Fsp3) is 1.00. The lowest BCUT2D eigenvalue weighted by Crippen LogP contribution is -2.51. The van der Waals surface area contributed by atoms with Gasteiger partial charge in [-0.15, -0.1) is 0 Å². The normalized spacial score (nSPS) is 37.1. The highest BCUT2D eigenvalue weighted by molar-refractivity contribution is 5.02. The number of piperidine rings is 1. The molecule has 0 bridgehead atoms. The van der Waals surface area contributed by atoms with E-state index in [-0.39, 0.29) is 11.1 Å². The van der Waals surface area contributed by atoms with Crippen LogP contribution in [0.4, 0.5) is 0 Å². The van der Waals surface area contributed by atoms with Crippen LogP contribution in [0.2, 0.25) is 0 Å². The van der Waals surface area contributed by atoms with E-state index in [0.717, 1.165) is 13.1 Å². The molecule has 1 unspecified atom stereocenters. The van der Waals surface area contributed by atoms with Crippen LogP contribution in [0.1, 0.15) is 32.6 Å². The maximum absolute atomic E-state index is 6.12. The van der Waals surface area contributed by atoms with E-state index in [1.165, 1.54) is 32.2 Å². The molecule has 0 aromatic carbocycles. The minimum absolute atomic E-state index is 0.0590. The number of nitrogens with two attached hydrogens (primary N) is 1. The monoisotopic (exact) mass is 198 g/mol. The number of rotatable bonds is 3. The molecular weight excluding hydrogens is 176 g/mol. The highest BCUT2D eigenvalue weighted by atomic mass is 16.5. The summed E-state index contributed by atoms with van der Waals surface area (Å²) in [5, 5.41) is 0. The van der Waals surface area contributed by atoms with Crippen molar-refractivity contribution in [3.8, 4) is 0 Å². The maximum atomic E-state index is 6.12. The zero-order valence-corrected chi connectivity index (χ0v) is 9.38. The van der Waals surface area contributed by atoms with Gasteiger partial charge in [0, 0.05) is 25.7 Å². The minimum Gasteiger partial charge on any atom is -0.377 e. The molecule has 3 heteroatoms. The Balaban J connectivity index is 1.87. The lowest BCUT2D eigenvalue weighted by atomic mass is 9.94. The first kappa shape index (κ1) is 10.4. The predicted octanol–water partition coefficient (Wildman–Crippen LogP) is 0.979. The fourth-order valence-electron chi connectivity index (χ4n) is 2.37. The van der Waals surface area contributed by atoms with Gasteiger partial charge in [-0.3, -0.25) is 4.90 Å². The van der Waals surface area contributed by atoms with Crippen LogP contribution in [-0.2, 0) is 4.74 Å². The smallest absolute Gasteiger partial charge is 0.0777 e. The summed E-state index contributed by atoms with van der Waals surface area (Å²) in [5.41, 5.74) is 6.33. The van der Waals surface area contributed by atoms with E-state index in [9.17, 15) is 0 Å². The molecule has 1 saturated carbocycles.